The second kappa shape index (κ2) is 7.61. The number of ether oxygens (including phenoxy) is 1. The molecule has 112 valence electrons. The van der Waals surface area contributed by atoms with Gasteiger partial charge in [0.15, 0.2) is 0 Å². The number of nitrogens with one attached hydrogen (secondary N) is 2. The molecule has 1 amide bonds. The summed E-state index contributed by atoms with van der Waals surface area (Å²) < 4.78 is 6.31. The summed E-state index contributed by atoms with van der Waals surface area (Å²) in [5, 5.41) is 18.6. The van der Waals surface area contributed by atoms with Crippen molar-refractivity contribution in [1.29, 1.82) is 0 Å². The molecule has 1 rings (SSSR count). The van der Waals surface area contributed by atoms with Gasteiger partial charge in [0.2, 0.25) is 5.91 Å². The lowest BCUT2D eigenvalue weighted by molar-refractivity contribution is -0.123. The third-order valence-corrected chi connectivity index (χ3v) is 2.87. The first-order valence-corrected chi connectivity index (χ1v) is 6.21. The number of amides is 1. The molecule has 0 aromatic carbocycles. The highest BCUT2D eigenvalue weighted by Gasteiger charge is 2.17. The number of carboxylic acid groups (broad SMARTS) is 1. The number of hydrogen-bond donors (Lipinski definition) is 3. The second-order valence-corrected chi connectivity index (χ2v) is 4.32. The molecule has 1 atom stereocenters. The minimum atomic E-state index is -1.04. The van der Waals surface area contributed by atoms with Gasteiger partial charge in [-0.1, -0.05) is 0 Å². The monoisotopic (exact) mass is 284 g/mol. The molecule has 0 saturated carbocycles. The van der Waals surface area contributed by atoms with Gasteiger partial charge in [0.25, 0.3) is 0 Å². The summed E-state index contributed by atoms with van der Waals surface area (Å²) in [5.41, 5.74) is 0.654. The maximum absolute atomic E-state index is 11.7. The zero-order valence-electron chi connectivity index (χ0n) is 11.8. The van der Waals surface area contributed by atoms with E-state index in [2.05, 4.69) is 15.7 Å². The predicted octanol–water partition coefficient (Wildman–Crippen LogP) is -0.641. The van der Waals surface area contributed by atoms with Gasteiger partial charge in [-0.05, 0) is 6.92 Å². The minimum Gasteiger partial charge on any atom is -0.478 e. The lowest BCUT2D eigenvalue weighted by Gasteiger charge is -2.14. The van der Waals surface area contributed by atoms with E-state index in [4.69, 9.17) is 9.84 Å². The normalized spacial score (nSPS) is 12.2. The molecule has 0 aliphatic carbocycles. The van der Waals surface area contributed by atoms with Crippen LogP contribution in [0, 0.1) is 0 Å². The lowest BCUT2D eigenvalue weighted by Crippen LogP contribution is -2.43. The molecule has 0 radical (unpaired) electrons. The molecule has 0 bridgehead atoms. The fourth-order valence-corrected chi connectivity index (χ4v) is 1.62. The van der Waals surface area contributed by atoms with Crippen molar-refractivity contribution >= 4 is 11.9 Å². The largest absolute Gasteiger partial charge is 0.478 e. The summed E-state index contributed by atoms with van der Waals surface area (Å²) in [5.74, 6) is -1.20. The van der Waals surface area contributed by atoms with Crippen LogP contribution in [0.4, 0.5) is 0 Å². The van der Waals surface area contributed by atoms with Crippen molar-refractivity contribution in [2.45, 2.75) is 19.5 Å². The van der Waals surface area contributed by atoms with Crippen molar-refractivity contribution in [3.05, 3.63) is 17.5 Å². The van der Waals surface area contributed by atoms with E-state index in [0.717, 1.165) is 0 Å². The maximum atomic E-state index is 11.7. The minimum absolute atomic E-state index is 0.131. The van der Waals surface area contributed by atoms with E-state index in [0.29, 0.717) is 18.8 Å². The Bertz CT molecular complexity index is 472. The maximum Gasteiger partial charge on any atom is 0.339 e. The van der Waals surface area contributed by atoms with Crippen LogP contribution in [0.1, 0.15) is 23.0 Å². The zero-order valence-corrected chi connectivity index (χ0v) is 11.8. The molecule has 0 saturated heterocycles. The molecule has 3 N–H and O–H groups in total. The molecule has 8 nitrogen and oxygen atoms in total. The standard InChI is InChI=1S/C12H20N4O4/c1-8(11(17)13-4-5-20-3)14-7-10-9(12(18)19)6-15-16(10)2/h6,8,14H,4-5,7H2,1-3H3,(H,13,17)(H,18,19). The van der Waals surface area contributed by atoms with Crippen molar-refractivity contribution < 1.29 is 19.4 Å². The second-order valence-electron chi connectivity index (χ2n) is 4.32. The Morgan fingerprint density at radius 1 is 1.55 bits per heavy atom. The van der Waals surface area contributed by atoms with Crippen LogP contribution < -0.4 is 10.6 Å². The van der Waals surface area contributed by atoms with Gasteiger partial charge in [0.05, 0.1) is 24.5 Å². The van der Waals surface area contributed by atoms with Crippen molar-refractivity contribution in [2.75, 3.05) is 20.3 Å². The van der Waals surface area contributed by atoms with Crippen LogP contribution in [0.5, 0.6) is 0 Å². The van der Waals surface area contributed by atoms with Gasteiger partial charge in [-0.2, -0.15) is 5.10 Å². The fourth-order valence-electron chi connectivity index (χ4n) is 1.62. The summed E-state index contributed by atoms with van der Waals surface area (Å²) in [6.07, 6.45) is 1.29. The van der Waals surface area contributed by atoms with Crippen molar-refractivity contribution in [3.8, 4) is 0 Å². The molecule has 0 fully saturated rings. The first kappa shape index (κ1) is 16.1. The number of carboxylic acids is 1. The molecular weight excluding hydrogens is 264 g/mol. The summed E-state index contributed by atoms with van der Waals surface area (Å²) in [6.45, 7) is 2.84. The van der Waals surface area contributed by atoms with Crippen LogP contribution in [0.15, 0.2) is 6.20 Å². The molecule has 1 heterocycles. The van der Waals surface area contributed by atoms with E-state index in [1.54, 1.807) is 21.1 Å². The Morgan fingerprint density at radius 2 is 2.25 bits per heavy atom. The molecule has 0 aliphatic rings. The number of rotatable bonds is 8. The van der Waals surface area contributed by atoms with Gasteiger partial charge < -0.3 is 20.5 Å². The van der Waals surface area contributed by atoms with Gasteiger partial charge >= 0.3 is 5.97 Å². The smallest absolute Gasteiger partial charge is 0.339 e. The van der Waals surface area contributed by atoms with Gasteiger partial charge in [-0.25, -0.2) is 4.79 Å². The van der Waals surface area contributed by atoms with Crippen LogP contribution >= 0.6 is 0 Å². The van der Waals surface area contributed by atoms with Gasteiger partial charge in [-0.3, -0.25) is 9.48 Å². The molecule has 1 unspecified atom stereocenters. The van der Waals surface area contributed by atoms with Gasteiger partial charge in [0.1, 0.15) is 5.56 Å². The average molecular weight is 284 g/mol. The summed E-state index contributed by atoms with van der Waals surface area (Å²) in [4.78, 5) is 22.7. The number of methoxy groups -OCH3 is 1. The molecule has 1 aromatic rings. The Labute approximate surface area is 117 Å². The Hall–Kier alpha value is -1.93. The van der Waals surface area contributed by atoms with Crippen LogP contribution in [0.2, 0.25) is 0 Å². The summed E-state index contributed by atoms with van der Waals surface area (Å²) >= 11 is 0. The van der Waals surface area contributed by atoms with Crippen molar-refractivity contribution in [2.24, 2.45) is 7.05 Å². The highest BCUT2D eigenvalue weighted by Crippen LogP contribution is 2.07. The Kier molecular flexibility index (Phi) is 6.13. The zero-order chi connectivity index (χ0) is 15.1. The first-order chi connectivity index (χ1) is 9.47. The van der Waals surface area contributed by atoms with E-state index < -0.39 is 12.0 Å². The molecular formula is C12H20N4O4. The summed E-state index contributed by atoms with van der Waals surface area (Å²) in [7, 11) is 3.22. The van der Waals surface area contributed by atoms with Crippen LogP contribution in [-0.4, -0.2) is 53.1 Å². The number of nitrogens with zero attached hydrogens (tertiary/aromatic N) is 2. The summed E-state index contributed by atoms with van der Waals surface area (Å²) in [6, 6.07) is -0.441. The lowest BCUT2D eigenvalue weighted by atomic mass is 10.2. The topological polar surface area (TPSA) is 105 Å². The Balaban J connectivity index is 2.52. The van der Waals surface area contributed by atoms with Gasteiger partial charge in [0, 0.05) is 27.2 Å². The first-order valence-electron chi connectivity index (χ1n) is 6.21. The van der Waals surface area contributed by atoms with Gasteiger partial charge in [-0.15, -0.1) is 0 Å². The number of carbonyl (C=O) groups excluding carboxylic acids is 1. The number of aromatic carboxylic acids is 1. The van der Waals surface area contributed by atoms with Crippen molar-refractivity contribution in [1.82, 2.24) is 20.4 Å². The van der Waals surface area contributed by atoms with Crippen LogP contribution in [-0.2, 0) is 23.1 Å². The van der Waals surface area contributed by atoms with E-state index >= 15 is 0 Å². The number of aromatic nitrogens is 2. The molecule has 1 aromatic heterocycles. The van der Waals surface area contributed by atoms with E-state index in [9.17, 15) is 9.59 Å². The third-order valence-electron chi connectivity index (χ3n) is 2.87. The SMILES string of the molecule is COCCNC(=O)C(C)NCc1c(C(=O)O)cnn1C. The van der Waals surface area contributed by atoms with E-state index in [1.807, 2.05) is 0 Å². The van der Waals surface area contributed by atoms with E-state index in [-0.39, 0.29) is 18.0 Å². The molecule has 20 heavy (non-hydrogen) atoms. The highest BCUT2D eigenvalue weighted by molar-refractivity contribution is 5.88. The number of carbonyl (C=O) groups is 2. The highest BCUT2D eigenvalue weighted by atomic mass is 16.5. The van der Waals surface area contributed by atoms with Crippen LogP contribution in [0.25, 0.3) is 0 Å². The van der Waals surface area contributed by atoms with Crippen molar-refractivity contribution in [3.63, 3.8) is 0 Å². The van der Waals surface area contributed by atoms with Crippen LogP contribution in [0.3, 0.4) is 0 Å². The molecule has 0 aliphatic heterocycles. The third kappa shape index (κ3) is 4.32. The fraction of sp³-hybridized carbons (Fsp3) is 0.583. The number of hydrogen-bond acceptors (Lipinski definition) is 5. The average Bonchev–Trinajstić information content (AvgIpc) is 2.77. The Morgan fingerprint density at radius 3 is 2.85 bits per heavy atom. The number of aryl methyl sites for hydroxylation is 1. The molecule has 0 spiro atoms. The molecule has 8 heteroatoms. The predicted molar refractivity (Wildman–Crippen MR) is 71.4 cm³/mol. The quantitative estimate of drug-likeness (QED) is 0.548. The van der Waals surface area contributed by atoms with E-state index in [1.165, 1.54) is 10.9 Å².